The van der Waals surface area contributed by atoms with Gasteiger partial charge in [0.2, 0.25) is 0 Å². The van der Waals surface area contributed by atoms with Gasteiger partial charge in [0.15, 0.2) is 6.29 Å². The first-order valence-electron chi connectivity index (χ1n) is 19.8. The Morgan fingerprint density at radius 1 is 1.05 bits per heavy atom. The second-order valence-electron chi connectivity index (χ2n) is 17.1. The molecule has 0 bridgehead atoms. The predicted octanol–water partition coefficient (Wildman–Crippen LogP) is 4.52. The standard InChI is InChI=1S/C42H64N2O11/c1-12-32-41(7,49)31(18-20-51-38(48)28-17-19-43-29-16-14-13-15-27(28)29)42(8)35(55-42)23(2)22-40(6,50-11)36(25(4)33(45)26(5)37(47)53-32)54-39-34(46)30(44(9)10)21-24(3)52-39/h13-17,19,23-26,30-36,39,45-46,49H,12,18,20-22H2,1-11H3/t23-,24-,25-,26-,30+,31-,32-,33+,34-,35?,36-,39+,40-,41+,42?/m1/s1. The normalized spacial score (nSPS) is 41.6. The van der Waals surface area contributed by atoms with E-state index in [4.69, 9.17) is 28.4 Å². The zero-order valence-electron chi connectivity index (χ0n) is 34.4. The van der Waals surface area contributed by atoms with Crippen LogP contribution in [-0.2, 0) is 33.2 Å². The number of likely N-dealkylation sites (N-methyl/N-ethyl adjacent to an activating group) is 1. The summed E-state index contributed by atoms with van der Waals surface area (Å²) in [4.78, 5) is 33.6. The van der Waals surface area contributed by atoms with Gasteiger partial charge in [-0.2, -0.15) is 0 Å². The van der Waals surface area contributed by atoms with Crippen molar-refractivity contribution in [1.82, 2.24) is 9.88 Å². The number of aliphatic hydroxyl groups is 3. The van der Waals surface area contributed by atoms with Crippen LogP contribution in [0.1, 0.15) is 91.4 Å². The molecule has 0 amide bonds. The molecule has 2 unspecified atom stereocenters. The van der Waals surface area contributed by atoms with Crippen molar-refractivity contribution in [2.45, 2.75) is 147 Å². The molecular weight excluding hydrogens is 708 g/mol. The molecule has 0 spiro atoms. The number of pyridine rings is 1. The molecular formula is C42H64N2O11. The maximum absolute atomic E-state index is 13.9. The Balaban J connectivity index is 1.46. The number of cyclic esters (lactones) is 1. The van der Waals surface area contributed by atoms with Crippen molar-refractivity contribution in [2.75, 3.05) is 27.8 Å². The van der Waals surface area contributed by atoms with Crippen LogP contribution in [0.5, 0.6) is 0 Å². The van der Waals surface area contributed by atoms with Gasteiger partial charge in [-0.3, -0.25) is 9.78 Å². The fourth-order valence-corrected chi connectivity index (χ4v) is 9.53. The van der Waals surface area contributed by atoms with E-state index in [2.05, 4.69) is 4.98 Å². The Bertz CT molecular complexity index is 1630. The van der Waals surface area contributed by atoms with Crippen LogP contribution < -0.4 is 0 Å². The largest absolute Gasteiger partial charge is 0.462 e. The van der Waals surface area contributed by atoms with Crippen LogP contribution in [0.3, 0.4) is 0 Å². The average Bonchev–Trinajstić information content (AvgIpc) is 3.85. The molecule has 3 fully saturated rings. The van der Waals surface area contributed by atoms with Crippen LogP contribution in [0, 0.1) is 23.7 Å². The highest BCUT2D eigenvalue weighted by atomic mass is 16.7. The number of benzene rings is 1. The summed E-state index contributed by atoms with van der Waals surface area (Å²) in [6.45, 7) is 14.6. The highest BCUT2D eigenvalue weighted by Gasteiger charge is 2.66. The van der Waals surface area contributed by atoms with Gasteiger partial charge < -0.3 is 48.6 Å². The molecule has 0 saturated carbocycles. The van der Waals surface area contributed by atoms with Crippen LogP contribution in [-0.4, -0.2) is 131 Å². The number of methoxy groups -OCH3 is 1. The minimum absolute atomic E-state index is 0.0326. The molecule has 1 aromatic carbocycles. The Morgan fingerprint density at radius 2 is 1.75 bits per heavy atom. The van der Waals surface area contributed by atoms with Gasteiger partial charge in [0.05, 0.1) is 59.2 Å². The van der Waals surface area contributed by atoms with Crippen molar-refractivity contribution in [3.8, 4) is 0 Å². The number of aliphatic hydroxyl groups excluding tert-OH is 2. The number of hydrogen-bond acceptors (Lipinski definition) is 13. The first kappa shape index (κ1) is 43.4. The summed E-state index contributed by atoms with van der Waals surface area (Å²) in [5, 5.41) is 36.4. The van der Waals surface area contributed by atoms with Gasteiger partial charge in [0.1, 0.15) is 17.8 Å². The van der Waals surface area contributed by atoms with Crippen LogP contribution in [0.2, 0.25) is 0 Å². The van der Waals surface area contributed by atoms with Crippen molar-refractivity contribution in [3.05, 3.63) is 42.1 Å². The van der Waals surface area contributed by atoms with Gasteiger partial charge in [-0.1, -0.05) is 39.0 Å². The molecule has 0 aliphatic carbocycles. The number of para-hydroxylation sites is 1. The minimum atomic E-state index is -1.62. The van der Waals surface area contributed by atoms with Crippen molar-refractivity contribution in [2.24, 2.45) is 23.7 Å². The van der Waals surface area contributed by atoms with E-state index in [9.17, 15) is 24.9 Å². The lowest BCUT2D eigenvalue weighted by molar-refractivity contribution is -0.301. The van der Waals surface area contributed by atoms with Gasteiger partial charge in [-0.05, 0) is 92.4 Å². The van der Waals surface area contributed by atoms with E-state index in [0.717, 1.165) is 0 Å². The number of carbonyl (C=O) groups is 2. The number of aromatic nitrogens is 1. The van der Waals surface area contributed by atoms with Gasteiger partial charge in [-0.15, -0.1) is 0 Å². The van der Waals surface area contributed by atoms with Crippen molar-refractivity contribution >= 4 is 22.8 Å². The topological polar surface area (TPSA) is 170 Å². The summed E-state index contributed by atoms with van der Waals surface area (Å²) in [6.07, 6.45) is -2.60. The SMILES string of the molecule is CC[C@H]1OC(=O)[C@H](C)[C@@H](O)[C@@H](C)[C@@H](O[C@@H]2O[C@H](C)C[C@H](N(C)C)[C@H]2O)[C@](C)(OC)C[C@@H](C)C2OC2(C)[C@H](CCOC(=O)c2ccnc3ccccc23)[C@]1(C)O. The lowest BCUT2D eigenvalue weighted by Crippen LogP contribution is -2.60. The van der Waals surface area contributed by atoms with E-state index in [0.29, 0.717) is 29.3 Å². The van der Waals surface area contributed by atoms with Crippen LogP contribution in [0.25, 0.3) is 10.9 Å². The van der Waals surface area contributed by atoms with Gasteiger partial charge >= 0.3 is 11.9 Å². The number of nitrogens with zero attached hydrogens (tertiary/aromatic N) is 2. The maximum atomic E-state index is 13.9. The molecule has 3 aliphatic heterocycles. The molecule has 15 atom stereocenters. The highest BCUT2D eigenvalue weighted by molar-refractivity contribution is 6.03. The van der Waals surface area contributed by atoms with Gasteiger partial charge in [0, 0.05) is 36.6 Å². The Hall–Kier alpha value is -2.75. The quantitative estimate of drug-likeness (QED) is 0.241. The molecule has 5 rings (SSSR count). The molecule has 2 aromatic rings. The number of ether oxygens (including phenoxy) is 6. The van der Waals surface area contributed by atoms with Crippen molar-refractivity contribution < 1.29 is 53.3 Å². The number of hydrogen-bond donors (Lipinski definition) is 3. The number of fused-ring (bicyclic) bond motifs is 2. The zero-order chi connectivity index (χ0) is 40.6. The third-order valence-electron chi connectivity index (χ3n) is 12.8. The number of esters is 2. The van der Waals surface area contributed by atoms with E-state index in [1.165, 1.54) is 0 Å². The molecule has 4 heterocycles. The Labute approximate surface area is 326 Å². The molecule has 3 saturated heterocycles. The van der Waals surface area contributed by atoms with Crippen molar-refractivity contribution in [1.29, 1.82) is 0 Å². The zero-order valence-corrected chi connectivity index (χ0v) is 34.4. The second-order valence-corrected chi connectivity index (χ2v) is 17.1. The van der Waals surface area contributed by atoms with E-state index >= 15 is 0 Å². The van der Waals surface area contributed by atoms with Crippen LogP contribution >= 0.6 is 0 Å². The summed E-state index contributed by atoms with van der Waals surface area (Å²) in [7, 11) is 5.39. The lowest BCUT2D eigenvalue weighted by atomic mass is 9.69. The van der Waals surface area contributed by atoms with E-state index in [-0.39, 0.29) is 43.6 Å². The smallest absolute Gasteiger partial charge is 0.338 e. The van der Waals surface area contributed by atoms with E-state index in [1.54, 1.807) is 40.1 Å². The Morgan fingerprint density at radius 3 is 2.40 bits per heavy atom. The summed E-state index contributed by atoms with van der Waals surface area (Å²) in [5.41, 5.74) is -2.52. The molecule has 55 heavy (non-hydrogen) atoms. The van der Waals surface area contributed by atoms with E-state index < -0.39 is 77.2 Å². The summed E-state index contributed by atoms with van der Waals surface area (Å²) >= 11 is 0. The fourth-order valence-electron chi connectivity index (χ4n) is 9.53. The lowest BCUT2D eigenvalue weighted by Gasteiger charge is -2.48. The monoisotopic (exact) mass is 772 g/mol. The van der Waals surface area contributed by atoms with Gasteiger partial charge in [0.25, 0.3) is 0 Å². The molecule has 1 aromatic heterocycles. The minimum Gasteiger partial charge on any atom is -0.462 e. The summed E-state index contributed by atoms with van der Waals surface area (Å²) in [6, 6.07) is 8.73. The molecule has 3 N–H and O–H groups in total. The third-order valence-corrected chi connectivity index (χ3v) is 12.8. The van der Waals surface area contributed by atoms with Gasteiger partial charge in [-0.25, -0.2) is 4.79 Å². The first-order chi connectivity index (χ1) is 25.8. The predicted molar refractivity (Wildman–Crippen MR) is 205 cm³/mol. The molecule has 3 aliphatic rings. The van der Waals surface area contributed by atoms with Crippen molar-refractivity contribution in [3.63, 3.8) is 0 Å². The molecule has 308 valence electrons. The second kappa shape index (κ2) is 17.0. The van der Waals surface area contributed by atoms with Crippen LogP contribution in [0.15, 0.2) is 36.5 Å². The maximum Gasteiger partial charge on any atom is 0.338 e. The third kappa shape index (κ3) is 8.74. The molecule has 13 heteroatoms. The molecule has 13 nitrogen and oxygen atoms in total. The molecule has 0 radical (unpaired) electrons. The van der Waals surface area contributed by atoms with Crippen LogP contribution in [0.4, 0.5) is 0 Å². The average molecular weight is 773 g/mol. The fraction of sp³-hybridized carbons (Fsp3) is 0.738. The first-order valence-corrected chi connectivity index (χ1v) is 19.8. The van der Waals surface area contributed by atoms with E-state index in [1.807, 2.05) is 77.9 Å². The number of rotatable bonds is 9. The summed E-state index contributed by atoms with van der Waals surface area (Å²) in [5.74, 6) is -3.72. The highest BCUT2D eigenvalue weighted by Crippen LogP contribution is 2.55. The summed E-state index contributed by atoms with van der Waals surface area (Å²) < 4.78 is 37.7. The number of epoxide rings is 1. The number of carbonyl (C=O) groups excluding carboxylic acids is 2. The Kier molecular flexibility index (Phi) is 13.4.